The van der Waals surface area contributed by atoms with Gasteiger partial charge in [0.15, 0.2) is 0 Å². The number of nitrogens with one attached hydrogen (secondary N) is 2. The molecule has 3 amide bonds. The Labute approximate surface area is 125 Å². The number of carbonyl (C=O) groups is 2. The number of carbonyl (C=O) groups excluding carboxylic acids is 2. The van der Waals surface area contributed by atoms with Crippen LogP contribution in [-0.2, 0) is 4.79 Å². The lowest BCUT2D eigenvalue weighted by molar-refractivity contribution is -0.120. The van der Waals surface area contributed by atoms with Crippen LogP contribution in [-0.4, -0.2) is 43.0 Å². The van der Waals surface area contributed by atoms with Gasteiger partial charge in [0, 0.05) is 13.1 Å². The Morgan fingerprint density at radius 1 is 1.29 bits per heavy atom. The first kappa shape index (κ1) is 15.5. The van der Waals surface area contributed by atoms with E-state index in [0.717, 1.165) is 25.9 Å². The molecule has 5 heteroatoms. The number of benzene rings is 1. The van der Waals surface area contributed by atoms with Crippen molar-refractivity contribution in [2.24, 2.45) is 0 Å². The molecule has 1 aromatic carbocycles. The van der Waals surface area contributed by atoms with Crippen LogP contribution in [0.1, 0.15) is 31.2 Å². The quantitative estimate of drug-likeness (QED) is 0.867. The summed E-state index contributed by atoms with van der Waals surface area (Å²) in [6.45, 7) is 4.59. The molecule has 5 nitrogen and oxygen atoms in total. The summed E-state index contributed by atoms with van der Waals surface area (Å²) in [6, 6.07) is 9.96. The summed E-state index contributed by atoms with van der Waals surface area (Å²) in [5.74, 6) is 0.241. The number of nitrogens with zero attached hydrogens (tertiary/aromatic N) is 1. The Morgan fingerprint density at radius 3 is 2.76 bits per heavy atom. The van der Waals surface area contributed by atoms with Crippen LogP contribution in [0.5, 0.6) is 0 Å². The molecule has 2 N–H and O–H groups in total. The average Bonchev–Trinajstić information content (AvgIpc) is 2.94. The second-order valence-electron chi connectivity index (χ2n) is 5.44. The lowest BCUT2D eigenvalue weighted by Gasteiger charge is -2.15. The van der Waals surface area contributed by atoms with Crippen molar-refractivity contribution in [2.45, 2.75) is 25.7 Å². The van der Waals surface area contributed by atoms with Crippen molar-refractivity contribution in [1.82, 2.24) is 15.5 Å². The maximum atomic E-state index is 11.8. The topological polar surface area (TPSA) is 61.4 Å². The molecule has 0 aliphatic carbocycles. The Balaban J connectivity index is 1.75. The van der Waals surface area contributed by atoms with E-state index in [-0.39, 0.29) is 12.5 Å². The molecule has 21 heavy (non-hydrogen) atoms. The van der Waals surface area contributed by atoms with Crippen molar-refractivity contribution < 1.29 is 9.59 Å². The zero-order chi connectivity index (χ0) is 15.1. The van der Waals surface area contributed by atoms with Gasteiger partial charge in [0.05, 0.1) is 6.54 Å². The van der Waals surface area contributed by atoms with Gasteiger partial charge in [-0.05, 0) is 30.9 Å². The van der Waals surface area contributed by atoms with Crippen LogP contribution in [0.2, 0.25) is 0 Å². The van der Waals surface area contributed by atoms with Crippen LogP contribution in [0.25, 0.3) is 0 Å². The predicted molar refractivity (Wildman–Crippen MR) is 82.1 cm³/mol. The fraction of sp³-hybridized carbons (Fsp3) is 0.500. The van der Waals surface area contributed by atoms with E-state index in [1.54, 1.807) is 0 Å². The van der Waals surface area contributed by atoms with Crippen molar-refractivity contribution in [1.29, 1.82) is 0 Å². The van der Waals surface area contributed by atoms with Gasteiger partial charge in [0.2, 0.25) is 5.91 Å². The molecule has 2 rings (SSSR count). The van der Waals surface area contributed by atoms with Crippen molar-refractivity contribution in [3.8, 4) is 0 Å². The van der Waals surface area contributed by atoms with Gasteiger partial charge in [0.25, 0.3) is 0 Å². The molecule has 0 aromatic heterocycles. The molecule has 114 valence electrons. The SMILES string of the molecule is CCCNC(=O)NC(=O)CN1CC[C@H](c2ccccc2)C1. The highest BCUT2D eigenvalue weighted by molar-refractivity contribution is 5.95. The fourth-order valence-corrected chi connectivity index (χ4v) is 2.63. The molecular weight excluding hydrogens is 266 g/mol. The predicted octanol–water partition coefficient (Wildman–Crippen LogP) is 1.71. The Bertz CT molecular complexity index is 476. The molecule has 1 aliphatic rings. The molecule has 0 bridgehead atoms. The maximum Gasteiger partial charge on any atom is 0.321 e. The van der Waals surface area contributed by atoms with E-state index in [2.05, 4.69) is 27.7 Å². The Hall–Kier alpha value is -1.88. The summed E-state index contributed by atoms with van der Waals surface area (Å²) >= 11 is 0. The summed E-state index contributed by atoms with van der Waals surface area (Å²) < 4.78 is 0. The summed E-state index contributed by atoms with van der Waals surface area (Å²) in [5, 5.41) is 5.00. The molecule has 0 unspecified atom stereocenters. The van der Waals surface area contributed by atoms with E-state index in [1.165, 1.54) is 5.56 Å². The van der Waals surface area contributed by atoms with E-state index >= 15 is 0 Å². The number of amides is 3. The molecule has 1 aromatic rings. The largest absolute Gasteiger partial charge is 0.338 e. The summed E-state index contributed by atoms with van der Waals surface area (Å²) in [5.41, 5.74) is 1.32. The van der Waals surface area contributed by atoms with Gasteiger partial charge < -0.3 is 5.32 Å². The minimum Gasteiger partial charge on any atom is -0.338 e. The minimum absolute atomic E-state index is 0.239. The molecule has 1 fully saturated rings. The summed E-state index contributed by atoms with van der Waals surface area (Å²) in [6.07, 6.45) is 1.91. The van der Waals surface area contributed by atoms with Gasteiger partial charge in [-0.1, -0.05) is 37.3 Å². The number of imide groups is 1. The van der Waals surface area contributed by atoms with Crippen LogP contribution in [0.4, 0.5) is 4.79 Å². The second-order valence-corrected chi connectivity index (χ2v) is 5.44. The van der Waals surface area contributed by atoms with Gasteiger partial charge in [-0.2, -0.15) is 0 Å². The summed E-state index contributed by atoms with van der Waals surface area (Å²) in [4.78, 5) is 25.3. The molecule has 0 saturated carbocycles. The fourth-order valence-electron chi connectivity index (χ4n) is 2.63. The molecule has 0 radical (unpaired) electrons. The third-order valence-electron chi connectivity index (χ3n) is 3.70. The first-order chi connectivity index (χ1) is 10.2. The van der Waals surface area contributed by atoms with Crippen molar-refractivity contribution in [3.63, 3.8) is 0 Å². The third-order valence-corrected chi connectivity index (χ3v) is 3.70. The van der Waals surface area contributed by atoms with E-state index in [4.69, 9.17) is 0 Å². The van der Waals surface area contributed by atoms with Crippen LogP contribution in [0.3, 0.4) is 0 Å². The van der Waals surface area contributed by atoms with Crippen LogP contribution in [0.15, 0.2) is 30.3 Å². The molecular formula is C16H23N3O2. The lowest BCUT2D eigenvalue weighted by atomic mass is 9.99. The maximum absolute atomic E-state index is 11.8. The average molecular weight is 289 g/mol. The normalized spacial score (nSPS) is 18.4. The van der Waals surface area contributed by atoms with Crippen LogP contribution < -0.4 is 10.6 Å². The Morgan fingerprint density at radius 2 is 2.05 bits per heavy atom. The molecule has 1 aliphatic heterocycles. The molecule has 1 atom stereocenters. The van der Waals surface area contributed by atoms with Crippen LogP contribution >= 0.6 is 0 Å². The lowest BCUT2D eigenvalue weighted by Crippen LogP contribution is -2.44. The van der Waals surface area contributed by atoms with Crippen LogP contribution in [0, 0.1) is 0 Å². The number of hydrogen-bond donors (Lipinski definition) is 2. The van der Waals surface area contributed by atoms with Gasteiger partial charge in [0.1, 0.15) is 0 Å². The number of rotatable bonds is 5. The molecule has 0 spiro atoms. The van der Waals surface area contributed by atoms with Gasteiger partial charge in [-0.3, -0.25) is 15.0 Å². The smallest absolute Gasteiger partial charge is 0.321 e. The van der Waals surface area contributed by atoms with Gasteiger partial charge >= 0.3 is 6.03 Å². The van der Waals surface area contributed by atoms with E-state index in [0.29, 0.717) is 12.5 Å². The van der Waals surface area contributed by atoms with E-state index < -0.39 is 6.03 Å². The highest BCUT2D eigenvalue weighted by Gasteiger charge is 2.25. The standard InChI is InChI=1S/C16H23N3O2/c1-2-9-17-16(21)18-15(20)12-19-10-8-14(11-19)13-6-4-3-5-7-13/h3-7,14H,2,8-12H2,1H3,(H2,17,18,20,21)/t14-/m0/s1. The Kier molecular flexibility index (Phi) is 5.75. The second kappa shape index (κ2) is 7.78. The van der Waals surface area contributed by atoms with E-state index in [1.807, 2.05) is 25.1 Å². The monoisotopic (exact) mass is 289 g/mol. The highest BCUT2D eigenvalue weighted by Crippen LogP contribution is 2.26. The first-order valence-electron chi connectivity index (χ1n) is 7.54. The molecule has 1 heterocycles. The van der Waals surface area contributed by atoms with Gasteiger partial charge in [-0.15, -0.1) is 0 Å². The number of likely N-dealkylation sites (tertiary alicyclic amines) is 1. The van der Waals surface area contributed by atoms with Crippen molar-refractivity contribution in [2.75, 3.05) is 26.2 Å². The van der Waals surface area contributed by atoms with Crippen molar-refractivity contribution in [3.05, 3.63) is 35.9 Å². The van der Waals surface area contributed by atoms with Crippen molar-refractivity contribution >= 4 is 11.9 Å². The van der Waals surface area contributed by atoms with E-state index in [9.17, 15) is 9.59 Å². The minimum atomic E-state index is -0.402. The molecule has 1 saturated heterocycles. The third kappa shape index (κ3) is 4.86. The number of hydrogen-bond acceptors (Lipinski definition) is 3. The zero-order valence-corrected chi connectivity index (χ0v) is 12.5. The highest BCUT2D eigenvalue weighted by atomic mass is 16.2. The summed E-state index contributed by atoms with van der Waals surface area (Å²) in [7, 11) is 0. The number of urea groups is 1. The first-order valence-corrected chi connectivity index (χ1v) is 7.54. The zero-order valence-electron chi connectivity index (χ0n) is 12.5. The van der Waals surface area contributed by atoms with Gasteiger partial charge in [-0.25, -0.2) is 4.79 Å².